The molecule has 0 heterocycles. The Morgan fingerprint density at radius 1 is 1.30 bits per heavy atom. The molecule has 4 nitrogen and oxygen atoms in total. The smallest absolute Gasteiger partial charge is 0.241 e. The first-order valence-electron chi connectivity index (χ1n) is 7.06. The Hall–Kier alpha value is -1.62. The Morgan fingerprint density at radius 2 is 1.95 bits per heavy atom. The van der Waals surface area contributed by atoms with E-state index in [0.717, 1.165) is 25.7 Å². The van der Waals surface area contributed by atoms with Gasteiger partial charge in [0.2, 0.25) is 5.91 Å². The van der Waals surface area contributed by atoms with Crippen molar-refractivity contribution in [3.63, 3.8) is 0 Å². The molecule has 1 aromatic rings. The summed E-state index contributed by atoms with van der Waals surface area (Å²) in [5, 5.41) is 3.37. The van der Waals surface area contributed by atoms with Crippen molar-refractivity contribution in [1.29, 1.82) is 0 Å². The van der Waals surface area contributed by atoms with E-state index in [-0.39, 0.29) is 24.2 Å². The van der Waals surface area contributed by atoms with Gasteiger partial charge in [0.05, 0.1) is 0 Å². The number of hydrogen-bond acceptors (Lipinski definition) is 3. The molecule has 0 aromatic heterocycles. The number of amides is 1. The molecule has 5 heteroatoms. The lowest BCUT2D eigenvalue weighted by molar-refractivity contribution is -0.126. The van der Waals surface area contributed by atoms with Crippen molar-refractivity contribution in [2.45, 2.75) is 37.3 Å². The van der Waals surface area contributed by atoms with Crippen LogP contribution in [-0.2, 0) is 4.79 Å². The molecule has 3 rings (SSSR count). The molecule has 1 atom stereocenters. The lowest BCUT2D eigenvalue weighted by Gasteiger charge is -2.32. The van der Waals surface area contributed by atoms with Gasteiger partial charge in [0.15, 0.2) is 0 Å². The summed E-state index contributed by atoms with van der Waals surface area (Å²) in [4.78, 5) is 12.0. The molecular formula is C15H19FN2O2. The summed E-state index contributed by atoms with van der Waals surface area (Å²) in [5.41, 5.74) is 4.85. The number of primary amides is 1. The summed E-state index contributed by atoms with van der Waals surface area (Å²) in [7, 11) is 0. The van der Waals surface area contributed by atoms with E-state index in [1.807, 2.05) is 0 Å². The van der Waals surface area contributed by atoms with E-state index < -0.39 is 5.54 Å². The van der Waals surface area contributed by atoms with Crippen molar-refractivity contribution in [3.05, 3.63) is 30.1 Å². The van der Waals surface area contributed by atoms with Crippen LogP contribution < -0.4 is 15.8 Å². The normalized spacial score (nSPS) is 21.2. The van der Waals surface area contributed by atoms with Crippen LogP contribution in [-0.4, -0.2) is 24.1 Å². The average molecular weight is 278 g/mol. The number of carbonyl (C=O) groups excluding carboxylic acids is 1. The molecule has 2 saturated carbocycles. The van der Waals surface area contributed by atoms with Crippen LogP contribution in [0.2, 0.25) is 0 Å². The summed E-state index contributed by atoms with van der Waals surface area (Å²) >= 11 is 0. The van der Waals surface area contributed by atoms with Gasteiger partial charge in [-0.15, -0.1) is 0 Å². The number of ether oxygens (including phenoxy) is 1. The molecule has 1 amide bonds. The van der Waals surface area contributed by atoms with E-state index in [4.69, 9.17) is 10.5 Å². The maximum absolute atomic E-state index is 12.9. The molecule has 0 aliphatic heterocycles. The SMILES string of the molecule is NC(=O)C(COc1ccc(F)cc1)(NC1CC1)C1CC1. The van der Waals surface area contributed by atoms with Crippen LogP contribution in [0.3, 0.4) is 0 Å². The van der Waals surface area contributed by atoms with E-state index in [1.165, 1.54) is 12.1 Å². The largest absolute Gasteiger partial charge is 0.491 e. The fraction of sp³-hybridized carbons (Fsp3) is 0.533. The van der Waals surface area contributed by atoms with Gasteiger partial charge in [-0.1, -0.05) is 0 Å². The van der Waals surface area contributed by atoms with E-state index >= 15 is 0 Å². The van der Waals surface area contributed by atoms with Crippen LogP contribution in [0.5, 0.6) is 5.75 Å². The number of nitrogens with two attached hydrogens (primary N) is 1. The Labute approximate surface area is 117 Å². The van der Waals surface area contributed by atoms with Crippen molar-refractivity contribution in [2.24, 2.45) is 11.7 Å². The predicted molar refractivity (Wildman–Crippen MR) is 72.7 cm³/mol. The van der Waals surface area contributed by atoms with Gasteiger partial charge in [0, 0.05) is 6.04 Å². The highest BCUT2D eigenvalue weighted by Gasteiger charge is 2.52. The Kier molecular flexibility index (Phi) is 3.38. The molecule has 108 valence electrons. The highest BCUT2D eigenvalue weighted by Crippen LogP contribution is 2.41. The second-order valence-electron chi connectivity index (χ2n) is 5.77. The lowest BCUT2D eigenvalue weighted by atomic mass is 9.93. The molecule has 0 spiro atoms. The quantitative estimate of drug-likeness (QED) is 0.796. The maximum atomic E-state index is 12.9. The van der Waals surface area contributed by atoms with Crippen LogP contribution in [0.4, 0.5) is 4.39 Å². The number of benzene rings is 1. The van der Waals surface area contributed by atoms with Gasteiger partial charge in [0.1, 0.15) is 23.7 Å². The standard InChI is InChI=1S/C15H19FN2O2/c16-11-3-7-13(8-4-11)20-9-15(14(17)19,10-1-2-10)18-12-5-6-12/h3-4,7-8,10,12,18H,1-2,5-6,9H2,(H2,17,19). The molecule has 20 heavy (non-hydrogen) atoms. The monoisotopic (exact) mass is 278 g/mol. The topological polar surface area (TPSA) is 64.4 Å². The third kappa shape index (κ3) is 2.77. The number of rotatable bonds is 7. The van der Waals surface area contributed by atoms with Crippen LogP contribution in [0.25, 0.3) is 0 Å². The minimum absolute atomic E-state index is 0.204. The van der Waals surface area contributed by atoms with Gasteiger partial charge in [-0.05, 0) is 55.9 Å². The van der Waals surface area contributed by atoms with Gasteiger partial charge in [0.25, 0.3) is 0 Å². The number of halogens is 1. The van der Waals surface area contributed by atoms with Crippen molar-refractivity contribution >= 4 is 5.91 Å². The zero-order valence-electron chi connectivity index (χ0n) is 11.3. The third-order valence-corrected chi connectivity index (χ3v) is 4.03. The molecule has 0 radical (unpaired) electrons. The van der Waals surface area contributed by atoms with Gasteiger partial charge in [-0.3, -0.25) is 10.1 Å². The summed E-state index contributed by atoms with van der Waals surface area (Å²) < 4.78 is 18.6. The number of carbonyl (C=O) groups is 1. The Bertz CT molecular complexity index is 497. The molecule has 0 saturated heterocycles. The van der Waals surface area contributed by atoms with Gasteiger partial charge in [-0.25, -0.2) is 4.39 Å². The molecule has 2 fully saturated rings. The van der Waals surface area contributed by atoms with E-state index in [0.29, 0.717) is 11.8 Å². The fourth-order valence-corrected chi connectivity index (χ4v) is 2.52. The molecule has 2 aliphatic rings. The molecule has 2 aliphatic carbocycles. The third-order valence-electron chi connectivity index (χ3n) is 4.03. The Morgan fingerprint density at radius 3 is 2.45 bits per heavy atom. The first-order valence-corrected chi connectivity index (χ1v) is 7.06. The molecule has 1 aromatic carbocycles. The maximum Gasteiger partial charge on any atom is 0.241 e. The fourth-order valence-electron chi connectivity index (χ4n) is 2.52. The Balaban J connectivity index is 1.71. The van der Waals surface area contributed by atoms with Crippen molar-refractivity contribution in [2.75, 3.05) is 6.61 Å². The minimum atomic E-state index is -0.782. The summed E-state index contributed by atoms with van der Waals surface area (Å²) in [5.74, 6) is 0.141. The van der Waals surface area contributed by atoms with E-state index in [2.05, 4.69) is 5.32 Å². The van der Waals surface area contributed by atoms with Gasteiger partial charge in [-0.2, -0.15) is 0 Å². The highest BCUT2D eigenvalue weighted by atomic mass is 19.1. The lowest BCUT2D eigenvalue weighted by Crippen LogP contribution is -2.61. The average Bonchev–Trinajstić information content (AvgIpc) is 3.28. The second kappa shape index (κ2) is 5.05. The zero-order chi connectivity index (χ0) is 14.2. The van der Waals surface area contributed by atoms with Gasteiger partial charge >= 0.3 is 0 Å². The second-order valence-corrected chi connectivity index (χ2v) is 5.77. The first kappa shape index (κ1) is 13.4. The van der Waals surface area contributed by atoms with Crippen LogP contribution in [0.15, 0.2) is 24.3 Å². The molecule has 0 bridgehead atoms. The highest BCUT2D eigenvalue weighted by molar-refractivity contribution is 5.86. The summed E-state index contributed by atoms with van der Waals surface area (Å²) in [6.45, 7) is 0.204. The van der Waals surface area contributed by atoms with Crippen molar-refractivity contribution < 1.29 is 13.9 Å². The van der Waals surface area contributed by atoms with Crippen molar-refractivity contribution in [3.8, 4) is 5.75 Å². The van der Waals surface area contributed by atoms with Crippen LogP contribution >= 0.6 is 0 Å². The van der Waals surface area contributed by atoms with Crippen LogP contribution in [0, 0.1) is 11.7 Å². The first-order chi connectivity index (χ1) is 9.60. The van der Waals surface area contributed by atoms with Crippen LogP contribution in [0.1, 0.15) is 25.7 Å². The van der Waals surface area contributed by atoms with Gasteiger partial charge < -0.3 is 10.5 Å². The number of hydrogen-bond donors (Lipinski definition) is 2. The summed E-state index contributed by atoms with van der Waals surface area (Å²) in [6.07, 6.45) is 4.15. The minimum Gasteiger partial charge on any atom is -0.491 e. The molecule has 3 N–H and O–H groups in total. The van der Waals surface area contributed by atoms with E-state index in [9.17, 15) is 9.18 Å². The zero-order valence-corrected chi connectivity index (χ0v) is 11.3. The summed E-state index contributed by atoms with van der Waals surface area (Å²) in [6, 6.07) is 6.18. The predicted octanol–water partition coefficient (Wildman–Crippen LogP) is 1.59. The van der Waals surface area contributed by atoms with E-state index in [1.54, 1.807) is 12.1 Å². The van der Waals surface area contributed by atoms with Crippen molar-refractivity contribution in [1.82, 2.24) is 5.32 Å². The molecule has 1 unspecified atom stereocenters. The molecular weight excluding hydrogens is 259 g/mol. The number of nitrogens with one attached hydrogen (secondary N) is 1.